The monoisotopic (exact) mass is 522 g/mol. The Morgan fingerprint density at radius 2 is 1.89 bits per heavy atom. The minimum atomic E-state index is -0.651. The zero-order valence-electron chi connectivity index (χ0n) is 22.8. The summed E-state index contributed by atoms with van der Waals surface area (Å²) in [6, 6.07) is 4.83. The summed E-state index contributed by atoms with van der Waals surface area (Å²) in [4.78, 5) is 54.1. The molecule has 3 rings (SSSR count). The highest BCUT2D eigenvalue weighted by molar-refractivity contribution is 5.96. The molecule has 1 aliphatic rings. The molecular weight excluding hydrogens is 484 g/mol. The van der Waals surface area contributed by atoms with Crippen LogP contribution in [0.25, 0.3) is 0 Å². The van der Waals surface area contributed by atoms with Crippen LogP contribution in [0.15, 0.2) is 30.4 Å². The predicted molar refractivity (Wildman–Crippen MR) is 146 cm³/mol. The molecule has 1 aliphatic carbocycles. The van der Waals surface area contributed by atoms with Crippen molar-refractivity contribution in [2.45, 2.75) is 51.5 Å². The third-order valence-corrected chi connectivity index (χ3v) is 6.30. The number of nitrogens with two attached hydrogens (primary N) is 1. The molecule has 0 aliphatic heterocycles. The Morgan fingerprint density at radius 3 is 2.53 bits per heavy atom. The summed E-state index contributed by atoms with van der Waals surface area (Å²) in [6.07, 6.45) is 6.51. The second-order valence-corrected chi connectivity index (χ2v) is 9.71. The lowest BCUT2D eigenvalue weighted by molar-refractivity contribution is -0.135. The van der Waals surface area contributed by atoms with E-state index in [9.17, 15) is 14.4 Å². The van der Waals surface area contributed by atoms with Crippen molar-refractivity contribution in [3.05, 3.63) is 53.1 Å². The fraction of sp³-hybridized carbons (Fsp3) is 0.481. The van der Waals surface area contributed by atoms with Crippen molar-refractivity contribution in [1.29, 1.82) is 0 Å². The topological polar surface area (TPSA) is 146 Å². The van der Waals surface area contributed by atoms with E-state index in [1.54, 1.807) is 26.1 Å². The van der Waals surface area contributed by atoms with Crippen molar-refractivity contribution >= 4 is 29.4 Å². The molecule has 3 amide bonds. The van der Waals surface area contributed by atoms with Crippen molar-refractivity contribution in [1.82, 2.24) is 30.1 Å². The largest absolute Gasteiger partial charge is 0.364 e. The van der Waals surface area contributed by atoms with E-state index in [0.717, 1.165) is 29.9 Å². The standard InChI is InChI=1S/C27H38N8O3/c1-6-20-23(18-12-13-18)33-26(24(31-20)25(28)37)32-21-10-7-9-19(30-21)14-15-29-27(38)17(2)35(5)22(36)11-8-16-34(3)4/h7-11,17-18H,6,12-16H2,1-5H3,(H2,28,37)(H,29,38)(H,30,32,33)/b11-8+. The molecule has 204 valence electrons. The Balaban J connectivity index is 1.60. The lowest BCUT2D eigenvalue weighted by Crippen LogP contribution is -2.45. The molecule has 0 saturated heterocycles. The third-order valence-electron chi connectivity index (χ3n) is 6.30. The van der Waals surface area contributed by atoms with Crippen molar-refractivity contribution in [3.63, 3.8) is 0 Å². The minimum Gasteiger partial charge on any atom is -0.364 e. The smallest absolute Gasteiger partial charge is 0.271 e. The van der Waals surface area contributed by atoms with Crippen molar-refractivity contribution in [2.24, 2.45) is 5.73 Å². The number of hydrogen-bond acceptors (Lipinski definition) is 8. The first-order valence-corrected chi connectivity index (χ1v) is 12.9. The van der Waals surface area contributed by atoms with Crippen LogP contribution in [0.4, 0.5) is 11.6 Å². The summed E-state index contributed by atoms with van der Waals surface area (Å²) in [5.74, 6) is 0.0390. The molecule has 0 aromatic carbocycles. The summed E-state index contributed by atoms with van der Waals surface area (Å²) in [6.45, 7) is 4.66. The normalized spacial score (nSPS) is 13.9. The number of nitrogens with zero attached hydrogens (tertiary/aromatic N) is 5. The zero-order valence-corrected chi connectivity index (χ0v) is 22.8. The van der Waals surface area contributed by atoms with Gasteiger partial charge in [0.15, 0.2) is 11.5 Å². The fourth-order valence-corrected chi connectivity index (χ4v) is 3.81. The summed E-state index contributed by atoms with van der Waals surface area (Å²) in [7, 11) is 5.43. The molecule has 0 bridgehead atoms. The minimum absolute atomic E-state index is 0.0925. The van der Waals surface area contributed by atoms with Crippen molar-refractivity contribution in [2.75, 3.05) is 39.5 Å². The predicted octanol–water partition coefficient (Wildman–Crippen LogP) is 1.78. The maximum Gasteiger partial charge on any atom is 0.271 e. The van der Waals surface area contributed by atoms with Gasteiger partial charge in [-0.3, -0.25) is 14.4 Å². The van der Waals surface area contributed by atoms with Gasteiger partial charge in [0.1, 0.15) is 11.9 Å². The molecule has 1 fully saturated rings. The maximum absolute atomic E-state index is 12.6. The summed E-state index contributed by atoms with van der Waals surface area (Å²) < 4.78 is 0. The molecule has 38 heavy (non-hydrogen) atoms. The number of anilines is 2. The van der Waals surface area contributed by atoms with Gasteiger partial charge in [-0.25, -0.2) is 15.0 Å². The van der Waals surface area contributed by atoms with Gasteiger partial charge in [-0.15, -0.1) is 0 Å². The van der Waals surface area contributed by atoms with Crippen LogP contribution < -0.4 is 16.4 Å². The second kappa shape index (κ2) is 13.1. The Kier molecular flexibility index (Phi) is 9.89. The molecule has 2 aromatic heterocycles. The second-order valence-electron chi connectivity index (χ2n) is 9.71. The number of carbonyl (C=O) groups is 3. The van der Waals surface area contributed by atoms with E-state index >= 15 is 0 Å². The van der Waals surface area contributed by atoms with Crippen LogP contribution in [0.3, 0.4) is 0 Å². The van der Waals surface area contributed by atoms with E-state index < -0.39 is 11.9 Å². The van der Waals surface area contributed by atoms with Crippen molar-refractivity contribution < 1.29 is 14.4 Å². The number of primary amides is 1. The number of hydrogen-bond donors (Lipinski definition) is 3. The third kappa shape index (κ3) is 7.82. The number of amides is 3. The molecular formula is C27H38N8O3. The van der Waals surface area contributed by atoms with E-state index in [4.69, 9.17) is 10.7 Å². The van der Waals surface area contributed by atoms with Gasteiger partial charge in [-0.1, -0.05) is 19.1 Å². The van der Waals surface area contributed by atoms with Gasteiger partial charge < -0.3 is 26.2 Å². The van der Waals surface area contributed by atoms with E-state index in [0.29, 0.717) is 43.5 Å². The Bertz CT molecular complexity index is 1190. The number of aromatic nitrogens is 3. The highest BCUT2D eigenvalue weighted by Gasteiger charge is 2.30. The lowest BCUT2D eigenvalue weighted by Gasteiger charge is -2.23. The maximum atomic E-state index is 12.6. The zero-order chi connectivity index (χ0) is 27.8. The summed E-state index contributed by atoms with van der Waals surface area (Å²) in [5, 5.41) is 5.98. The molecule has 11 heteroatoms. The van der Waals surface area contributed by atoms with Crippen LogP contribution in [0.2, 0.25) is 0 Å². The van der Waals surface area contributed by atoms with Gasteiger partial charge in [0, 0.05) is 44.2 Å². The molecule has 0 spiro atoms. The van der Waals surface area contributed by atoms with Crippen LogP contribution in [0, 0.1) is 0 Å². The van der Waals surface area contributed by atoms with Crippen LogP contribution in [-0.4, -0.2) is 82.7 Å². The van der Waals surface area contributed by atoms with Crippen LogP contribution in [0.5, 0.6) is 0 Å². The van der Waals surface area contributed by atoms with E-state index in [1.165, 1.54) is 11.0 Å². The number of carbonyl (C=O) groups excluding carboxylic acids is 3. The van der Waals surface area contributed by atoms with Gasteiger partial charge in [0.05, 0.1) is 11.4 Å². The molecule has 1 atom stereocenters. The van der Waals surface area contributed by atoms with Gasteiger partial charge in [-0.05, 0) is 52.4 Å². The van der Waals surface area contributed by atoms with E-state index in [2.05, 4.69) is 20.6 Å². The van der Waals surface area contributed by atoms with Crippen LogP contribution in [0.1, 0.15) is 60.2 Å². The first-order valence-electron chi connectivity index (χ1n) is 12.9. The fourth-order valence-electron chi connectivity index (χ4n) is 3.81. The quantitative estimate of drug-likeness (QED) is 0.337. The molecule has 1 saturated carbocycles. The van der Waals surface area contributed by atoms with Crippen molar-refractivity contribution in [3.8, 4) is 0 Å². The first kappa shape index (κ1) is 28.7. The molecule has 0 radical (unpaired) electrons. The highest BCUT2D eigenvalue weighted by Crippen LogP contribution is 2.41. The van der Waals surface area contributed by atoms with E-state index in [1.807, 2.05) is 38.1 Å². The van der Waals surface area contributed by atoms with Crippen LogP contribution >= 0.6 is 0 Å². The lowest BCUT2D eigenvalue weighted by atomic mass is 10.1. The highest BCUT2D eigenvalue weighted by atomic mass is 16.2. The number of pyridine rings is 1. The Morgan fingerprint density at radius 1 is 1.16 bits per heavy atom. The van der Waals surface area contributed by atoms with Gasteiger partial charge in [0.25, 0.3) is 5.91 Å². The number of rotatable bonds is 13. The van der Waals surface area contributed by atoms with Gasteiger partial charge >= 0.3 is 0 Å². The van der Waals surface area contributed by atoms with Crippen LogP contribution in [-0.2, 0) is 22.4 Å². The summed E-state index contributed by atoms with van der Waals surface area (Å²) in [5.41, 5.74) is 8.12. The molecule has 4 N–H and O–H groups in total. The average molecular weight is 523 g/mol. The Hall–Kier alpha value is -3.86. The Labute approximate surface area is 223 Å². The van der Waals surface area contributed by atoms with E-state index in [-0.39, 0.29) is 17.5 Å². The molecule has 2 aromatic rings. The number of nitrogens with one attached hydrogen (secondary N) is 2. The average Bonchev–Trinajstić information content (AvgIpc) is 3.73. The molecule has 1 unspecified atom stereocenters. The van der Waals surface area contributed by atoms with Gasteiger partial charge in [0.2, 0.25) is 11.8 Å². The first-order chi connectivity index (χ1) is 18.1. The SMILES string of the molecule is CCc1nc(C(N)=O)c(Nc2cccc(CCNC(=O)C(C)N(C)C(=O)/C=C/CN(C)C)n2)nc1C1CC1. The number of aryl methyl sites for hydroxylation is 1. The molecule has 11 nitrogen and oxygen atoms in total. The van der Waals surface area contributed by atoms with Gasteiger partial charge in [-0.2, -0.15) is 0 Å². The number of likely N-dealkylation sites (N-methyl/N-ethyl adjacent to an activating group) is 2. The summed E-state index contributed by atoms with van der Waals surface area (Å²) >= 11 is 0. The molecule has 2 heterocycles.